The molecule has 5 heteroatoms. The van der Waals surface area contributed by atoms with Gasteiger partial charge in [0.05, 0.1) is 7.11 Å². The van der Waals surface area contributed by atoms with Gasteiger partial charge in [0.15, 0.2) is 11.5 Å². The van der Waals surface area contributed by atoms with E-state index < -0.39 is 0 Å². The van der Waals surface area contributed by atoms with Gasteiger partial charge in [0.2, 0.25) is 0 Å². The van der Waals surface area contributed by atoms with Crippen LogP contribution in [0.3, 0.4) is 0 Å². The number of halogens is 1. The second kappa shape index (κ2) is 8.25. The molecule has 0 saturated heterocycles. The highest BCUT2D eigenvalue weighted by atomic mass is 35.5. The van der Waals surface area contributed by atoms with Crippen molar-refractivity contribution in [3.63, 3.8) is 0 Å². The number of rotatable bonds is 8. The Balaban J connectivity index is 2.43. The average molecular weight is 288 g/mol. The third kappa shape index (κ3) is 5.27. The summed E-state index contributed by atoms with van der Waals surface area (Å²) in [5, 5.41) is 22.6. The maximum absolute atomic E-state index is 9.94. The van der Waals surface area contributed by atoms with Crippen LogP contribution in [-0.2, 0) is 6.54 Å². The van der Waals surface area contributed by atoms with Crippen molar-refractivity contribution in [2.24, 2.45) is 5.92 Å². The lowest BCUT2D eigenvalue weighted by atomic mass is 10.1. The first-order valence-electron chi connectivity index (χ1n) is 6.45. The van der Waals surface area contributed by atoms with Crippen LogP contribution < -0.4 is 10.1 Å². The lowest BCUT2D eigenvalue weighted by Gasteiger charge is -2.11. The summed E-state index contributed by atoms with van der Waals surface area (Å²) in [6, 6.07) is 3.31. The lowest BCUT2D eigenvalue weighted by molar-refractivity contribution is 0.228. The molecule has 1 aromatic rings. The van der Waals surface area contributed by atoms with Crippen molar-refractivity contribution < 1.29 is 14.9 Å². The minimum atomic E-state index is 0.128. The molecule has 3 N–H and O–H groups in total. The molecule has 0 radical (unpaired) electrons. The number of aromatic hydroxyl groups is 1. The van der Waals surface area contributed by atoms with Crippen molar-refractivity contribution in [1.82, 2.24) is 5.32 Å². The Morgan fingerprint density at radius 2 is 2.16 bits per heavy atom. The first kappa shape index (κ1) is 16.1. The summed E-state index contributed by atoms with van der Waals surface area (Å²) < 4.78 is 5.05. The molecule has 0 fully saturated rings. The zero-order valence-electron chi connectivity index (χ0n) is 11.4. The van der Waals surface area contributed by atoms with Crippen LogP contribution >= 0.6 is 11.6 Å². The number of hydrogen-bond acceptors (Lipinski definition) is 4. The Hall–Kier alpha value is -0.970. The fourth-order valence-corrected chi connectivity index (χ4v) is 2.04. The molecule has 0 aliphatic rings. The van der Waals surface area contributed by atoms with E-state index in [2.05, 4.69) is 5.32 Å². The van der Waals surface area contributed by atoms with Gasteiger partial charge in [-0.15, -0.1) is 0 Å². The summed E-state index contributed by atoms with van der Waals surface area (Å²) in [5.41, 5.74) is 0.722. The summed E-state index contributed by atoms with van der Waals surface area (Å²) in [6.07, 6.45) is 1.97. The molecule has 19 heavy (non-hydrogen) atoms. The summed E-state index contributed by atoms with van der Waals surface area (Å²) in [5.74, 6) is 0.850. The molecular weight excluding hydrogens is 266 g/mol. The van der Waals surface area contributed by atoms with E-state index >= 15 is 0 Å². The molecule has 1 unspecified atom stereocenters. The van der Waals surface area contributed by atoms with E-state index in [1.807, 2.05) is 6.92 Å². The van der Waals surface area contributed by atoms with Gasteiger partial charge in [-0.2, -0.15) is 0 Å². The van der Waals surface area contributed by atoms with Gasteiger partial charge in [-0.3, -0.25) is 0 Å². The number of methoxy groups -OCH3 is 1. The molecule has 4 nitrogen and oxygen atoms in total. The zero-order chi connectivity index (χ0) is 14.3. The van der Waals surface area contributed by atoms with Crippen molar-refractivity contribution in [1.29, 1.82) is 0 Å². The number of phenols is 1. The minimum absolute atomic E-state index is 0.128. The first-order valence-corrected chi connectivity index (χ1v) is 6.83. The van der Waals surface area contributed by atoms with E-state index in [-0.39, 0.29) is 12.4 Å². The van der Waals surface area contributed by atoms with Gasteiger partial charge in [-0.25, -0.2) is 0 Å². The van der Waals surface area contributed by atoms with Gasteiger partial charge in [0.25, 0.3) is 0 Å². The number of hydrogen-bond donors (Lipinski definition) is 3. The summed E-state index contributed by atoms with van der Waals surface area (Å²) in [6.45, 7) is 3.62. The normalized spacial score (nSPS) is 12.4. The molecule has 1 aromatic carbocycles. The quantitative estimate of drug-likeness (QED) is 0.643. The standard InChI is InChI=1S/C14H22ClNO3/c1-10(9-17)4-3-5-16-8-11-6-12(15)7-13(19-2)14(11)18/h6-7,10,16-18H,3-5,8-9H2,1-2H3. The Kier molecular flexibility index (Phi) is 6.99. The van der Waals surface area contributed by atoms with Crippen LogP contribution in [0.15, 0.2) is 12.1 Å². The molecule has 1 atom stereocenters. The predicted molar refractivity (Wildman–Crippen MR) is 76.9 cm³/mol. The Bertz CT molecular complexity index is 399. The Morgan fingerprint density at radius 1 is 1.42 bits per heavy atom. The van der Waals surface area contributed by atoms with Gasteiger partial charge < -0.3 is 20.3 Å². The molecule has 108 valence electrons. The highest BCUT2D eigenvalue weighted by Gasteiger charge is 2.09. The van der Waals surface area contributed by atoms with Crippen LogP contribution in [0.4, 0.5) is 0 Å². The smallest absolute Gasteiger partial charge is 0.162 e. The molecule has 0 bridgehead atoms. The molecule has 0 heterocycles. The minimum Gasteiger partial charge on any atom is -0.504 e. The Morgan fingerprint density at radius 3 is 2.79 bits per heavy atom. The van der Waals surface area contributed by atoms with Crippen LogP contribution in [0.2, 0.25) is 5.02 Å². The molecule has 0 saturated carbocycles. The van der Waals surface area contributed by atoms with Gasteiger partial charge in [-0.1, -0.05) is 18.5 Å². The van der Waals surface area contributed by atoms with Crippen LogP contribution in [0.25, 0.3) is 0 Å². The summed E-state index contributed by atoms with van der Waals surface area (Å²) in [4.78, 5) is 0. The number of phenolic OH excluding ortho intramolecular Hbond substituents is 1. The largest absolute Gasteiger partial charge is 0.504 e. The van der Waals surface area contributed by atoms with Gasteiger partial charge in [0, 0.05) is 29.8 Å². The maximum Gasteiger partial charge on any atom is 0.162 e. The fourth-order valence-electron chi connectivity index (χ4n) is 1.81. The third-order valence-electron chi connectivity index (χ3n) is 3.02. The van der Waals surface area contributed by atoms with Gasteiger partial charge in [0.1, 0.15) is 0 Å². The molecule has 0 amide bonds. The van der Waals surface area contributed by atoms with E-state index in [0.717, 1.165) is 24.9 Å². The number of ether oxygens (including phenoxy) is 1. The van der Waals surface area contributed by atoms with Crippen LogP contribution in [-0.4, -0.2) is 30.5 Å². The molecular formula is C14H22ClNO3. The van der Waals surface area contributed by atoms with Crippen molar-refractivity contribution in [3.8, 4) is 11.5 Å². The second-order valence-corrected chi connectivity index (χ2v) is 5.16. The van der Waals surface area contributed by atoms with Crippen molar-refractivity contribution in [2.75, 3.05) is 20.3 Å². The molecule has 0 aliphatic heterocycles. The van der Waals surface area contributed by atoms with E-state index in [0.29, 0.717) is 23.2 Å². The zero-order valence-corrected chi connectivity index (χ0v) is 12.2. The van der Waals surface area contributed by atoms with Crippen molar-refractivity contribution in [2.45, 2.75) is 26.3 Å². The SMILES string of the molecule is COc1cc(Cl)cc(CNCCCC(C)CO)c1O. The monoisotopic (exact) mass is 287 g/mol. The van der Waals surface area contributed by atoms with E-state index in [1.165, 1.54) is 7.11 Å². The van der Waals surface area contributed by atoms with Crippen LogP contribution in [0, 0.1) is 5.92 Å². The number of nitrogens with one attached hydrogen (secondary N) is 1. The fraction of sp³-hybridized carbons (Fsp3) is 0.571. The number of aliphatic hydroxyl groups excluding tert-OH is 1. The molecule has 1 rings (SSSR count). The highest BCUT2D eigenvalue weighted by Crippen LogP contribution is 2.33. The van der Waals surface area contributed by atoms with E-state index in [9.17, 15) is 5.11 Å². The maximum atomic E-state index is 9.94. The molecule has 0 spiro atoms. The average Bonchev–Trinajstić information content (AvgIpc) is 2.41. The number of aliphatic hydroxyl groups is 1. The lowest BCUT2D eigenvalue weighted by Crippen LogP contribution is -2.16. The van der Waals surface area contributed by atoms with Crippen LogP contribution in [0.5, 0.6) is 11.5 Å². The third-order valence-corrected chi connectivity index (χ3v) is 3.23. The second-order valence-electron chi connectivity index (χ2n) is 4.72. The molecule has 0 aliphatic carbocycles. The first-order chi connectivity index (χ1) is 9.08. The van der Waals surface area contributed by atoms with E-state index in [4.69, 9.17) is 21.4 Å². The number of benzene rings is 1. The topological polar surface area (TPSA) is 61.7 Å². The van der Waals surface area contributed by atoms with Crippen molar-refractivity contribution >= 4 is 11.6 Å². The summed E-state index contributed by atoms with van der Waals surface area (Å²) in [7, 11) is 1.50. The van der Waals surface area contributed by atoms with Crippen LogP contribution in [0.1, 0.15) is 25.3 Å². The Labute approximate surface area is 119 Å². The van der Waals surface area contributed by atoms with Crippen molar-refractivity contribution in [3.05, 3.63) is 22.7 Å². The predicted octanol–water partition coefficient (Wildman–Crippen LogP) is 2.55. The van der Waals surface area contributed by atoms with Gasteiger partial charge in [-0.05, 0) is 31.4 Å². The molecule has 0 aromatic heterocycles. The van der Waals surface area contributed by atoms with Gasteiger partial charge >= 0.3 is 0 Å². The van der Waals surface area contributed by atoms with E-state index in [1.54, 1.807) is 12.1 Å². The summed E-state index contributed by atoms with van der Waals surface area (Å²) >= 11 is 5.95. The highest BCUT2D eigenvalue weighted by molar-refractivity contribution is 6.30.